The molecular weight excluding hydrogens is 312 g/mol. The van der Waals surface area contributed by atoms with Crippen LogP contribution < -0.4 is 0 Å². The van der Waals surface area contributed by atoms with Gasteiger partial charge in [-0.2, -0.15) is 5.10 Å². The number of aromatic nitrogens is 2. The van der Waals surface area contributed by atoms with Crippen molar-refractivity contribution in [2.75, 3.05) is 5.33 Å². The molecule has 18 heavy (non-hydrogen) atoms. The van der Waals surface area contributed by atoms with E-state index in [9.17, 15) is 0 Å². The van der Waals surface area contributed by atoms with Crippen LogP contribution in [0, 0.1) is 11.3 Å². The molecule has 0 saturated heterocycles. The van der Waals surface area contributed by atoms with Crippen molar-refractivity contribution in [2.45, 2.75) is 53.0 Å². The maximum Gasteiger partial charge on any atom is 0.0850 e. The van der Waals surface area contributed by atoms with Crippen molar-refractivity contribution in [3.05, 3.63) is 16.4 Å². The van der Waals surface area contributed by atoms with Crippen molar-refractivity contribution in [3.8, 4) is 0 Å². The highest BCUT2D eigenvalue weighted by atomic mass is 79.9. The molecule has 4 heteroatoms. The maximum atomic E-state index is 6.50. The third kappa shape index (κ3) is 2.62. The summed E-state index contributed by atoms with van der Waals surface area (Å²) in [5.74, 6) is 0.846. The Labute approximate surface area is 123 Å². The summed E-state index contributed by atoms with van der Waals surface area (Å²) in [5.41, 5.74) is 2.59. The average molecular weight is 334 g/mol. The molecule has 0 bridgehead atoms. The molecule has 0 radical (unpaired) electrons. The van der Waals surface area contributed by atoms with Gasteiger partial charge in [-0.05, 0) is 43.9 Å². The molecule has 1 aliphatic rings. The fraction of sp³-hybridized carbons (Fsp3) is 0.786. The molecule has 1 heterocycles. The van der Waals surface area contributed by atoms with E-state index in [-0.39, 0.29) is 0 Å². The van der Waals surface area contributed by atoms with E-state index in [1.165, 1.54) is 18.5 Å². The Hall–Kier alpha value is -0.0200. The number of halogens is 2. The van der Waals surface area contributed by atoms with Crippen LogP contribution in [0.1, 0.15) is 45.0 Å². The number of aryl methyl sites for hydroxylation is 2. The number of hydrogen-bond acceptors (Lipinski definition) is 1. The highest BCUT2D eigenvalue weighted by Gasteiger charge is 2.41. The van der Waals surface area contributed by atoms with Gasteiger partial charge in [-0.15, -0.1) is 0 Å². The van der Waals surface area contributed by atoms with Crippen LogP contribution in [0.15, 0.2) is 0 Å². The van der Waals surface area contributed by atoms with Crippen molar-refractivity contribution in [3.63, 3.8) is 0 Å². The van der Waals surface area contributed by atoms with Crippen molar-refractivity contribution in [1.29, 1.82) is 0 Å². The van der Waals surface area contributed by atoms with Crippen LogP contribution in [0.25, 0.3) is 0 Å². The van der Waals surface area contributed by atoms with Crippen LogP contribution in [0.5, 0.6) is 0 Å². The van der Waals surface area contributed by atoms with Crippen LogP contribution in [-0.2, 0) is 19.4 Å². The zero-order valence-electron chi connectivity index (χ0n) is 11.5. The summed E-state index contributed by atoms with van der Waals surface area (Å²) >= 11 is 10.2. The Morgan fingerprint density at radius 3 is 2.56 bits per heavy atom. The lowest BCUT2D eigenvalue weighted by atomic mass is 9.82. The summed E-state index contributed by atoms with van der Waals surface area (Å²) in [6.07, 6.45) is 4.66. The third-order valence-electron chi connectivity index (χ3n) is 4.13. The summed E-state index contributed by atoms with van der Waals surface area (Å²) < 4.78 is 2.09. The molecule has 2 rings (SSSR count). The van der Waals surface area contributed by atoms with Gasteiger partial charge in [-0.1, -0.05) is 41.4 Å². The van der Waals surface area contributed by atoms with E-state index < -0.39 is 0 Å². The molecule has 1 aromatic heterocycles. The standard InChI is InChI=1S/C14H22BrClN2/c1-4-11-13(16)12(18(5-2)17-11)8-14(3,9-15)10-6-7-10/h10H,4-9H2,1-3H3. The fourth-order valence-electron chi connectivity index (χ4n) is 2.65. The number of rotatable bonds is 6. The highest BCUT2D eigenvalue weighted by molar-refractivity contribution is 9.09. The maximum absolute atomic E-state index is 6.50. The van der Waals surface area contributed by atoms with E-state index in [1.54, 1.807) is 0 Å². The van der Waals surface area contributed by atoms with Crippen molar-refractivity contribution in [2.24, 2.45) is 11.3 Å². The zero-order valence-corrected chi connectivity index (χ0v) is 13.8. The molecule has 1 aliphatic carbocycles. The van der Waals surface area contributed by atoms with E-state index in [0.29, 0.717) is 5.41 Å². The first kappa shape index (κ1) is 14.4. The molecule has 0 amide bonds. The molecule has 1 aromatic rings. The smallest absolute Gasteiger partial charge is 0.0850 e. The molecule has 0 N–H and O–H groups in total. The summed E-state index contributed by atoms with van der Waals surface area (Å²) in [4.78, 5) is 0. The van der Waals surface area contributed by atoms with Crippen LogP contribution in [0.4, 0.5) is 0 Å². The molecule has 1 fully saturated rings. The Morgan fingerprint density at radius 1 is 1.44 bits per heavy atom. The zero-order chi connectivity index (χ0) is 13.3. The summed E-state index contributed by atoms with van der Waals surface area (Å²) in [6.45, 7) is 7.52. The van der Waals surface area contributed by atoms with E-state index in [2.05, 4.69) is 46.5 Å². The minimum atomic E-state index is 0.321. The molecule has 1 atom stereocenters. The van der Waals surface area contributed by atoms with Gasteiger partial charge in [0, 0.05) is 11.9 Å². The summed E-state index contributed by atoms with van der Waals surface area (Å²) in [7, 11) is 0. The second-order valence-corrected chi connectivity index (χ2v) is 6.55. The van der Waals surface area contributed by atoms with E-state index in [1.807, 2.05) is 0 Å². The molecule has 2 nitrogen and oxygen atoms in total. The third-order valence-corrected chi connectivity index (χ3v) is 5.85. The molecule has 0 aliphatic heterocycles. The highest BCUT2D eigenvalue weighted by Crippen LogP contribution is 2.49. The SMILES string of the molecule is CCc1nn(CC)c(CC(C)(CBr)C2CC2)c1Cl. The molecule has 0 aromatic carbocycles. The Kier molecular flexibility index (Phi) is 4.43. The second kappa shape index (κ2) is 5.54. The van der Waals surface area contributed by atoms with Gasteiger partial charge < -0.3 is 0 Å². The lowest BCUT2D eigenvalue weighted by Crippen LogP contribution is -2.26. The number of nitrogens with zero attached hydrogens (tertiary/aromatic N) is 2. The van der Waals surface area contributed by atoms with E-state index in [0.717, 1.165) is 41.4 Å². The lowest BCUT2D eigenvalue weighted by Gasteiger charge is -2.27. The minimum absolute atomic E-state index is 0.321. The van der Waals surface area contributed by atoms with Crippen LogP contribution in [0.2, 0.25) is 5.02 Å². The number of hydrogen-bond donors (Lipinski definition) is 0. The first-order valence-electron chi connectivity index (χ1n) is 6.85. The second-order valence-electron chi connectivity index (χ2n) is 5.62. The first-order chi connectivity index (χ1) is 8.55. The predicted octanol–water partition coefficient (Wildman–Crippen LogP) is 4.47. The molecule has 1 unspecified atom stereocenters. The summed E-state index contributed by atoms with van der Waals surface area (Å²) in [6, 6.07) is 0. The fourth-order valence-corrected chi connectivity index (χ4v) is 3.64. The monoisotopic (exact) mass is 332 g/mol. The molecular formula is C14H22BrClN2. The van der Waals surface area contributed by atoms with Gasteiger partial charge in [0.25, 0.3) is 0 Å². The van der Waals surface area contributed by atoms with Gasteiger partial charge >= 0.3 is 0 Å². The van der Waals surface area contributed by atoms with Gasteiger partial charge in [0.2, 0.25) is 0 Å². The van der Waals surface area contributed by atoms with Crippen LogP contribution in [-0.4, -0.2) is 15.1 Å². The normalized spacial score (nSPS) is 18.9. The first-order valence-corrected chi connectivity index (χ1v) is 8.35. The topological polar surface area (TPSA) is 17.8 Å². The Morgan fingerprint density at radius 2 is 2.11 bits per heavy atom. The predicted molar refractivity (Wildman–Crippen MR) is 80.6 cm³/mol. The van der Waals surface area contributed by atoms with Crippen LogP contribution >= 0.6 is 27.5 Å². The summed E-state index contributed by atoms with van der Waals surface area (Å²) in [5, 5.41) is 6.55. The van der Waals surface area contributed by atoms with Crippen molar-refractivity contribution >= 4 is 27.5 Å². The molecule has 102 valence electrons. The van der Waals surface area contributed by atoms with Gasteiger partial charge in [0.1, 0.15) is 0 Å². The van der Waals surface area contributed by atoms with Gasteiger partial charge in [0.05, 0.1) is 16.4 Å². The quantitative estimate of drug-likeness (QED) is 0.702. The van der Waals surface area contributed by atoms with E-state index >= 15 is 0 Å². The van der Waals surface area contributed by atoms with Crippen molar-refractivity contribution < 1.29 is 0 Å². The minimum Gasteiger partial charge on any atom is -0.268 e. The number of alkyl halides is 1. The van der Waals surface area contributed by atoms with Gasteiger partial charge in [-0.3, -0.25) is 4.68 Å². The van der Waals surface area contributed by atoms with Crippen LogP contribution in [0.3, 0.4) is 0 Å². The van der Waals surface area contributed by atoms with Crippen molar-refractivity contribution in [1.82, 2.24) is 9.78 Å². The Bertz CT molecular complexity index is 426. The Balaban J connectivity index is 2.29. The lowest BCUT2D eigenvalue weighted by molar-refractivity contribution is 0.309. The molecule has 0 spiro atoms. The van der Waals surface area contributed by atoms with Gasteiger partial charge in [-0.25, -0.2) is 0 Å². The average Bonchev–Trinajstić information content (AvgIpc) is 3.18. The largest absolute Gasteiger partial charge is 0.268 e. The van der Waals surface area contributed by atoms with E-state index in [4.69, 9.17) is 11.6 Å². The van der Waals surface area contributed by atoms with Gasteiger partial charge in [0.15, 0.2) is 0 Å². The molecule has 1 saturated carbocycles.